The number of hydrogen-bond donors (Lipinski definition) is 5. The van der Waals surface area contributed by atoms with E-state index in [1.165, 1.54) is 70.6 Å². The zero-order chi connectivity index (χ0) is 32.5. The minimum atomic E-state index is -0.745. The van der Waals surface area contributed by atoms with Gasteiger partial charge in [0.2, 0.25) is 5.91 Å². The van der Waals surface area contributed by atoms with Crippen LogP contribution in [0.15, 0.2) is 48.6 Å². The molecule has 0 rings (SSSR count). The lowest BCUT2D eigenvalue weighted by molar-refractivity contribution is -0.123. The third-order valence-electron chi connectivity index (χ3n) is 8.05. The van der Waals surface area contributed by atoms with Crippen molar-refractivity contribution in [2.75, 3.05) is 6.61 Å². The Hall–Kier alpha value is -1.73. The molecule has 0 fully saturated rings. The van der Waals surface area contributed by atoms with Crippen LogP contribution in [0.2, 0.25) is 0 Å². The van der Waals surface area contributed by atoms with Crippen molar-refractivity contribution in [1.82, 2.24) is 5.32 Å². The fraction of sp³-hybridized carbons (Fsp3) is 0.763. The number of allylic oxidation sites excluding steroid dienone is 6. The first-order chi connectivity index (χ1) is 21.4. The van der Waals surface area contributed by atoms with Gasteiger partial charge in [-0.05, 0) is 32.1 Å². The number of carbonyl (C=O) groups excluding carboxylic acids is 1. The van der Waals surface area contributed by atoms with Crippen LogP contribution in [0.3, 0.4) is 0 Å². The predicted molar refractivity (Wildman–Crippen MR) is 187 cm³/mol. The molecule has 256 valence electrons. The number of aliphatic hydroxyl groups is 4. The smallest absolute Gasteiger partial charge is 0.220 e. The second-order valence-electron chi connectivity index (χ2n) is 12.3. The van der Waals surface area contributed by atoms with Crippen LogP contribution in [-0.2, 0) is 4.79 Å². The summed E-state index contributed by atoms with van der Waals surface area (Å²) in [7, 11) is 0. The van der Waals surface area contributed by atoms with Gasteiger partial charge < -0.3 is 25.7 Å². The molecular formula is C38H69NO5. The quantitative estimate of drug-likeness (QED) is 0.0395. The van der Waals surface area contributed by atoms with E-state index < -0.39 is 18.2 Å². The SMILES string of the molecule is CCCCCCCCCCCCCCC[C@@H](O)[C@H](CO)NC(=O)CCC[C@H](O)/C=C/C=C\C/C=C\C=C\[C@H](O)CCCCC. The molecule has 0 saturated carbocycles. The summed E-state index contributed by atoms with van der Waals surface area (Å²) in [4.78, 5) is 12.3. The van der Waals surface area contributed by atoms with Crippen LogP contribution in [0.5, 0.6) is 0 Å². The Morgan fingerprint density at radius 3 is 1.52 bits per heavy atom. The molecule has 0 unspecified atom stereocenters. The second-order valence-corrected chi connectivity index (χ2v) is 12.3. The Morgan fingerprint density at radius 1 is 0.591 bits per heavy atom. The minimum absolute atomic E-state index is 0.209. The number of carbonyl (C=O) groups is 1. The van der Waals surface area contributed by atoms with E-state index >= 15 is 0 Å². The molecule has 0 aromatic carbocycles. The van der Waals surface area contributed by atoms with Gasteiger partial charge in [0.1, 0.15) is 0 Å². The van der Waals surface area contributed by atoms with Crippen LogP contribution in [-0.4, -0.2) is 57.3 Å². The van der Waals surface area contributed by atoms with E-state index in [0.717, 1.165) is 44.9 Å². The lowest BCUT2D eigenvalue weighted by atomic mass is 10.0. The average Bonchev–Trinajstić information content (AvgIpc) is 3.01. The zero-order valence-electron chi connectivity index (χ0n) is 28.4. The molecule has 5 N–H and O–H groups in total. The van der Waals surface area contributed by atoms with Crippen LogP contribution in [0, 0.1) is 0 Å². The molecule has 0 saturated heterocycles. The maximum atomic E-state index is 12.3. The molecule has 0 aromatic rings. The van der Waals surface area contributed by atoms with Gasteiger partial charge >= 0.3 is 0 Å². The zero-order valence-corrected chi connectivity index (χ0v) is 28.4. The predicted octanol–water partition coefficient (Wildman–Crippen LogP) is 8.39. The van der Waals surface area contributed by atoms with Crippen molar-refractivity contribution in [1.29, 1.82) is 0 Å². The van der Waals surface area contributed by atoms with Gasteiger partial charge in [0.05, 0.1) is 31.0 Å². The Balaban J connectivity index is 3.90. The molecule has 6 nitrogen and oxygen atoms in total. The molecule has 0 bridgehead atoms. The normalized spacial score (nSPS) is 15.1. The van der Waals surface area contributed by atoms with Crippen LogP contribution in [0.4, 0.5) is 0 Å². The van der Waals surface area contributed by atoms with Gasteiger partial charge in [-0.25, -0.2) is 0 Å². The summed E-state index contributed by atoms with van der Waals surface area (Å²) in [5.41, 5.74) is 0. The number of rotatable bonds is 31. The van der Waals surface area contributed by atoms with Crippen molar-refractivity contribution in [2.24, 2.45) is 0 Å². The Bertz CT molecular complexity index is 748. The van der Waals surface area contributed by atoms with E-state index in [1.54, 1.807) is 12.2 Å². The molecule has 0 spiro atoms. The van der Waals surface area contributed by atoms with Crippen molar-refractivity contribution in [3.63, 3.8) is 0 Å². The highest BCUT2D eigenvalue weighted by molar-refractivity contribution is 5.76. The molecular weight excluding hydrogens is 550 g/mol. The maximum absolute atomic E-state index is 12.3. The molecule has 0 heterocycles. The molecule has 0 aliphatic rings. The van der Waals surface area contributed by atoms with E-state index in [1.807, 2.05) is 36.5 Å². The Morgan fingerprint density at radius 2 is 1.02 bits per heavy atom. The minimum Gasteiger partial charge on any atom is -0.394 e. The second kappa shape index (κ2) is 32.7. The van der Waals surface area contributed by atoms with Crippen molar-refractivity contribution in [3.8, 4) is 0 Å². The lowest BCUT2D eigenvalue weighted by Crippen LogP contribution is -2.45. The maximum Gasteiger partial charge on any atom is 0.220 e. The molecule has 0 radical (unpaired) electrons. The fourth-order valence-corrected chi connectivity index (χ4v) is 5.16. The summed E-state index contributed by atoms with van der Waals surface area (Å²) in [6, 6.07) is -0.643. The number of hydrogen-bond acceptors (Lipinski definition) is 5. The largest absolute Gasteiger partial charge is 0.394 e. The average molecular weight is 620 g/mol. The Labute approximate surface area is 270 Å². The van der Waals surface area contributed by atoms with Crippen molar-refractivity contribution in [3.05, 3.63) is 48.6 Å². The first-order valence-corrected chi connectivity index (χ1v) is 18.1. The number of amides is 1. The van der Waals surface area contributed by atoms with Crippen LogP contribution in [0.1, 0.15) is 155 Å². The topological polar surface area (TPSA) is 110 Å². The summed E-state index contributed by atoms with van der Waals surface area (Å²) in [6.07, 6.45) is 36.5. The highest BCUT2D eigenvalue weighted by atomic mass is 16.3. The standard InChI is InChI=1S/C38H69NO5/c1-3-5-7-8-9-10-11-12-13-14-18-21-25-31-37(43)36(33-40)39-38(44)32-26-30-35(42)29-24-20-17-15-16-19-23-28-34(41)27-22-6-4-2/h16-17,19-20,23-24,28-29,34-37,40-43H,3-15,18,21-22,25-27,30-33H2,1-2H3,(H,39,44)/b19-16-,20-17-,28-23+,29-24+/t34-,35-,36+,37-/m1/s1. The van der Waals surface area contributed by atoms with E-state index in [-0.39, 0.29) is 25.0 Å². The molecule has 0 aliphatic heterocycles. The van der Waals surface area contributed by atoms with E-state index in [0.29, 0.717) is 19.3 Å². The monoisotopic (exact) mass is 620 g/mol. The van der Waals surface area contributed by atoms with Gasteiger partial charge in [0, 0.05) is 6.42 Å². The highest BCUT2D eigenvalue weighted by Crippen LogP contribution is 2.14. The Kier molecular flexibility index (Phi) is 31.4. The summed E-state index contributed by atoms with van der Waals surface area (Å²) in [5, 5.41) is 42.9. The van der Waals surface area contributed by atoms with Crippen LogP contribution in [0.25, 0.3) is 0 Å². The van der Waals surface area contributed by atoms with E-state index in [2.05, 4.69) is 19.2 Å². The first-order valence-electron chi connectivity index (χ1n) is 18.1. The summed E-state index contributed by atoms with van der Waals surface area (Å²) in [5.74, 6) is -0.209. The van der Waals surface area contributed by atoms with Crippen LogP contribution >= 0.6 is 0 Å². The fourth-order valence-electron chi connectivity index (χ4n) is 5.16. The number of aliphatic hydroxyl groups excluding tert-OH is 4. The summed E-state index contributed by atoms with van der Waals surface area (Å²) in [6.45, 7) is 4.13. The van der Waals surface area contributed by atoms with Gasteiger partial charge in [-0.15, -0.1) is 0 Å². The molecule has 6 heteroatoms. The van der Waals surface area contributed by atoms with Crippen LogP contribution < -0.4 is 5.32 Å². The molecule has 1 amide bonds. The van der Waals surface area contributed by atoms with Gasteiger partial charge in [-0.1, -0.05) is 165 Å². The lowest BCUT2D eigenvalue weighted by Gasteiger charge is -2.22. The van der Waals surface area contributed by atoms with Gasteiger partial charge in [0.15, 0.2) is 0 Å². The third-order valence-corrected chi connectivity index (χ3v) is 8.05. The van der Waals surface area contributed by atoms with Gasteiger partial charge in [-0.3, -0.25) is 4.79 Å². The van der Waals surface area contributed by atoms with E-state index in [9.17, 15) is 25.2 Å². The van der Waals surface area contributed by atoms with Crippen molar-refractivity contribution < 1.29 is 25.2 Å². The van der Waals surface area contributed by atoms with Gasteiger partial charge in [0.25, 0.3) is 0 Å². The van der Waals surface area contributed by atoms with Gasteiger partial charge in [-0.2, -0.15) is 0 Å². The number of nitrogens with one attached hydrogen (secondary N) is 1. The van der Waals surface area contributed by atoms with E-state index in [4.69, 9.17) is 0 Å². The number of unbranched alkanes of at least 4 members (excludes halogenated alkanes) is 14. The molecule has 44 heavy (non-hydrogen) atoms. The summed E-state index contributed by atoms with van der Waals surface area (Å²) < 4.78 is 0. The summed E-state index contributed by atoms with van der Waals surface area (Å²) >= 11 is 0. The van der Waals surface area contributed by atoms with Crippen molar-refractivity contribution in [2.45, 2.75) is 179 Å². The molecule has 0 aromatic heterocycles. The third kappa shape index (κ3) is 29.0. The first kappa shape index (κ1) is 42.3. The molecule has 4 atom stereocenters. The molecule has 0 aliphatic carbocycles. The van der Waals surface area contributed by atoms with Crippen molar-refractivity contribution >= 4 is 5.91 Å². The highest BCUT2D eigenvalue weighted by Gasteiger charge is 2.20.